The van der Waals surface area contributed by atoms with Crippen LogP contribution in [0.1, 0.15) is 15.9 Å². The maximum Gasteiger partial charge on any atom is 0.335 e. The smallest absolute Gasteiger partial charge is 0.335 e. The number of rotatable bonds is 3. The van der Waals surface area contributed by atoms with E-state index in [4.69, 9.17) is 15.3 Å². The van der Waals surface area contributed by atoms with E-state index >= 15 is 0 Å². The van der Waals surface area contributed by atoms with Crippen molar-refractivity contribution < 1.29 is 24.9 Å². The van der Waals surface area contributed by atoms with E-state index in [0.29, 0.717) is 0 Å². The summed E-state index contributed by atoms with van der Waals surface area (Å²) < 4.78 is 0. The van der Waals surface area contributed by atoms with Crippen LogP contribution in [0.4, 0.5) is 0 Å². The van der Waals surface area contributed by atoms with Crippen molar-refractivity contribution in [3.8, 4) is 5.75 Å². The molecule has 0 aliphatic rings. The number of carboxylic acids is 2. The van der Waals surface area contributed by atoms with Crippen LogP contribution in [-0.4, -0.2) is 27.3 Å². The van der Waals surface area contributed by atoms with Crippen LogP contribution >= 0.6 is 0 Å². The molecule has 0 amide bonds. The average molecular weight is 196 g/mol. The Morgan fingerprint density at radius 3 is 2.36 bits per heavy atom. The van der Waals surface area contributed by atoms with Crippen LogP contribution in [0.5, 0.6) is 5.75 Å². The van der Waals surface area contributed by atoms with Crippen molar-refractivity contribution in [1.82, 2.24) is 0 Å². The highest BCUT2D eigenvalue weighted by molar-refractivity contribution is 5.91. The molecule has 0 aromatic heterocycles. The van der Waals surface area contributed by atoms with Gasteiger partial charge in [-0.05, 0) is 23.8 Å². The first-order valence-corrected chi connectivity index (χ1v) is 3.77. The largest absolute Gasteiger partial charge is 0.508 e. The van der Waals surface area contributed by atoms with E-state index in [0.717, 1.165) is 6.07 Å². The Labute approximate surface area is 79.2 Å². The third-order valence-electron chi connectivity index (χ3n) is 1.66. The zero-order chi connectivity index (χ0) is 10.7. The van der Waals surface area contributed by atoms with Crippen LogP contribution in [0.3, 0.4) is 0 Å². The van der Waals surface area contributed by atoms with Crippen LogP contribution in [0.25, 0.3) is 0 Å². The number of hydrogen-bond acceptors (Lipinski definition) is 3. The van der Waals surface area contributed by atoms with Gasteiger partial charge in [0.25, 0.3) is 0 Å². The molecule has 0 radical (unpaired) electrons. The molecule has 1 aromatic carbocycles. The fourth-order valence-electron chi connectivity index (χ4n) is 1.10. The zero-order valence-electron chi connectivity index (χ0n) is 7.10. The molecule has 0 fully saturated rings. The molecule has 5 nitrogen and oxygen atoms in total. The van der Waals surface area contributed by atoms with Gasteiger partial charge in [-0.2, -0.15) is 0 Å². The van der Waals surface area contributed by atoms with E-state index in [1.54, 1.807) is 0 Å². The molecule has 0 bridgehead atoms. The molecule has 14 heavy (non-hydrogen) atoms. The Hall–Kier alpha value is -2.04. The lowest BCUT2D eigenvalue weighted by molar-refractivity contribution is -0.136. The number of aromatic carboxylic acids is 1. The molecule has 74 valence electrons. The first kappa shape index (κ1) is 10.0. The summed E-state index contributed by atoms with van der Waals surface area (Å²) in [6.07, 6.45) is -0.421. The number of carboxylic acid groups (broad SMARTS) is 2. The summed E-state index contributed by atoms with van der Waals surface area (Å²) >= 11 is 0. The van der Waals surface area contributed by atoms with Crippen molar-refractivity contribution in [3.05, 3.63) is 29.3 Å². The van der Waals surface area contributed by atoms with Crippen molar-refractivity contribution in [2.45, 2.75) is 6.42 Å². The van der Waals surface area contributed by atoms with Gasteiger partial charge in [0.05, 0.1) is 12.0 Å². The standard InChI is InChI=1S/C9H8O5/c10-6-1-2-7(9(13)14)5(3-6)4-8(11)12/h1-3,10H,4H2,(H,11,12)(H,13,14). The molecule has 0 saturated carbocycles. The summed E-state index contributed by atoms with van der Waals surface area (Å²) in [5.74, 6) is -2.49. The quantitative estimate of drug-likeness (QED) is 0.662. The molecular formula is C9H8O5. The van der Waals surface area contributed by atoms with E-state index < -0.39 is 18.4 Å². The average Bonchev–Trinajstić information content (AvgIpc) is 2.01. The van der Waals surface area contributed by atoms with Crippen molar-refractivity contribution in [1.29, 1.82) is 0 Å². The van der Waals surface area contributed by atoms with Gasteiger partial charge in [0.15, 0.2) is 0 Å². The second-order valence-electron chi connectivity index (χ2n) is 2.72. The highest BCUT2D eigenvalue weighted by Gasteiger charge is 2.12. The summed E-state index contributed by atoms with van der Waals surface area (Å²) in [5, 5.41) is 26.2. The molecule has 3 N–H and O–H groups in total. The van der Waals surface area contributed by atoms with Crippen molar-refractivity contribution in [2.75, 3.05) is 0 Å². The summed E-state index contributed by atoms with van der Waals surface area (Å²) in [7, 11) is 0. The molecule has 0 spiro atoms. The molecule has 0 saturated heterocycles. The summed E-state index contributed by atoms with van der Waals surface area (Å²) in [4.78, 5) is 21.0. The van der Waals surface area contributed by atoms with E-state index in [-0.39, 0.29) is 16.9 Å². The lowest BCUT2D eigenvalue weighted by Gasteiger charge is -2.03. The first-order valence-electron chi connectivity index (χ1n) is 3.77. The van der Waals surface area contributed by atoms with E-state index in [9.17, 15) is 9.59 Å². The first-order chi connectivity index (χ1) is 6.50. The number of hydrogen-bond donors (Lipinski definition) is 3. The van der Waals surface area contributed by atoms with Gasteiger partial charge < -0.3 is 15.3 Å². The number of aromatic hydroxyl groups is 1. The monoisotopic (exact) mass is 196 g/mol. The summed E-state index contributed by atoms with van der Waals surface area (Å²) in [6, 6.07) is 3.52. The number of phenolic OH excluding ortho intramolecular Hbond substituents is 1. The number of carbonyl (C=O) groups is 2. The number of phenols is 1. The highest BCUT2D eigenvalue weighted by atomic mass is 16.4. The van der Waals surface area contributed by atoms with E-state index in [1.807, 2.05) is 0 Å². The number of benzene rings is 1. The molecule has 0 aliphatic carbocycles. The second-order valence-corrected chi connectivity index (χ2v) is 2.72. The Balaban J connectivity index is 3.15. The van der Waals surface area contributed by atoms with Gasteiger partial charge in [-0.3, -0.25) is 4.79 Å². The van der Waals surface area contributed by atoms with Gasteiger partial charge in [-0.15, -0.1) is 0 Å². The second kappa shape index (κ2) is 3.78. The maximum absolute atomic E-state index is 10.6. The van der Waals surface area contributed by atoms with Gasteiger partial charge in [0, 0.05) is 0 Å². The molecule has 0 aliphatic heterocycles. The molecule has 1 aromatic rings. The SMILES string of the molecule is O=C(O)Cc1cc(O)ccc1C(=O)O. The van der Waals surface area contributed by atoms with Crippen LogP contribution in [0.2, 0.25) is 0 Å². The Bertz CT molecular complexity index is 383. The lowest BCUT2D eigenvalue weighted by Crippen LogP contribution is -2.07. The van der Waals surface area contributed by atoms with E-state index in [1.165, 1.54) is 12.1 Å². The summed E-state index contributed by atoms with van der Waals surface area (Å²) in [5.41, 5.74) is -0.0183. The van der Waals surface area contributed by atoms with Gasteiger partial charge in [0.1, 0.15) is 5.75 Å². The van der Waals surface area contributed by atoms with Crippen molar-refractivity contribution >= 4 is 11.9 Å². The fraction of sp³-hybridized carbons (Fsp3) is 0.111. The third kappa shape index (κ3) is 2.22. The van der Waals surface area contributed by atoms with Gasteiger partial charge in [-0.1, -0.05) is 0 Å². The molecule has 0 atom stereocenters. The maximum atomic E-state index is 10.6. The van der Waals surface area contributed by atoms with Crippen LogP contribution in [-0.2, 0) is 11.2 Å². The number of aliphatic carboxylic acids is 1. The van der Waals surface area contributed by atoms with Gasteiger partial charge in [0.2, 0.25) is 0 Å². The Morgan fingerprint density at radius 1 is 1.21 bits per heavy atom. The minimum Gasteiger partial charge on any atom is -0.508 e. The Morgan fingerprint density at radius 2 is 1.86 bits per heavy atom. The summed E-state index contributed by atoms with van der Waals surface area (Å²) in [6.45, 7) is 0. The zero-order valence-corrected chi connectivity index (χ0v) is 7.10. The highest BCUT2D eigenvalue weighted by Crippen LogP contribution is 2.17. The van der Waals surface area contributed by atoms with Gasteiger partial charge in [-0.25, -0.2) is 4.79 Å². The topological polar surface area (TPSA) is 94.8 Å². The fourth-order valence-corrected chi connectivity index (χ4v) is 1.10. The molecule has 0 unspecified atom stereocenters. The molecular weight excluding hydrogens is 188 g/mol. The lowest BCUT2D eigenvalue weighted by atomic mass is 10.0. The molecule has 5 heteroatoms. The predicted molar refractivity (Wildman–Crippen MR) is 46.4 cm³/mol. The Kier molecular flexibility index (Phi) is 2.71. The van der Waals surface area contributed by atoms with Crippen molar-refractivity contribution in [3.63, 3.8) is 0 Å². The van der Waals surface area contributed by atoms with Gasteiger partial charge >= 0.3 is 11.9 Å². The van der Waals surface area contributed by atoms with E-state index in [2.05, 4.69) is 0 Å². The third-order valence-corrected chi connectivity index (χ3v) is 1.66. The minimum absolute atomic E-state index is 0.0880. The predicted octanol–water partition coefficient (Wildman–Crippen LogP) is 0.718. The van der Waals surface area contributed by atoms with Crippen LogP contribution in [0.15, 0.2) is 18.2 Å². The van der Waals surface area contributed by atoms with Crippen molar-refractivity contribution in [2.24, 2.45) is 0 Å². The molecule has 1 rings (SSSR count). The van der Waals surface area contributed by atoms with Crippen LogP contribution in [0, 0.1) is 0 Å². The minimum atomic E-state index is -1.21. The normalized spacial score (nSPS) is 9.71. The molecule has 0 heterocycles. The van der Waals surface area contributed by atoms with Crippen LogP contribution < -0.4 is 0 Å².